The molecule has 0 bridgehead atoms. The molecule has 0 spiro atoms. The second-order valence-corrected chi connectivity index (χ2v) is 6.15. The molecule has 1 saturated heterocycles. The maximum absolute atomic E-state index is 12.9. The molecule has 0 atom stereocenters. The van der Waals surface area contributed by atoms with Crippen molar-refractivity contribution in [1.29, 1.82) is 0 Å². The first-order valence-corrected chi connectivity index (χ1v) is 8.70. The van der Waals surface area contributed by atoms with Crippen LogP contribution in [0.1, 0.15) is 29.0 Å². The van der Waals surface area contributed by atoms with Gasteiger partial charge in [-0.2, -0.15) is 22.7 Å². The minimum Gasteiger partial charge on any atom is -0.431 e. The van der Waals surface area contributed by atoms with E-state index in [-0.39, 0.29) is 18.4 Å². The van der Waals surface area contributed by atoms with E-state index in [1.54, 1.807) is 0 Å². The Kier molecular flexibility index (Phi) is 6.86. The summed E-state index contributed by atoms with van der Waals surface area (Å²) < 4.78 is 64.2. The molecule has 1 amide bonds. The summed E-state index contributed by atoms with van der Waals surface area (Å²) >= 11 is 0. The number of nitrogens with zero attached hydrogens (tertiary/aromatic N) is 3. The molecule has 0 unspecified atom stereocenters. The van der Waals surface area contributed by atoms with Crippen LogP contribution in [0.15, 0.2) is 24.5 Å². The second kappa shape index (κ2) is 9.54. The molecule has 158 valence electrons. The van der Waals surface area contributed by atoms with Crippen LogP contribution in [0.25, 0.3) is 0 Å². The van der Waals surface area contributed by atoms with Crippen LogP contribution < -0.4 is 9.47 Å². The van der Waals surface area contributed by atoms with Gasteiger partial charge in [0.2, 0.25) is 5.82 Å². The molecule has 1 aliphatic heterocycles. The Hall–Kier alpha value is -2.89. The van der Waals surface area contributed by atoms with E-state index in [4.69, 9.17) is 4.74 Å². The summed E-state index contributed by atoms with van der Waals surface area (Å²) in [7, 11) is 0. The third-order valence-electron chi connectivity index (χ3n) is 4.30. The van der Waals surface area contributed by atoms with E-state index in [2.05, 4.69) is 24.7 Å². The number of rotatable bonds is 8. The highest BCUT2D eigenvalue weighted by Crippen LogP contribution is 2.32. The summed E-state index contributed by atoms with van der Waals surface area (Å²) in [6, 6.07) is 3.46. The van der Waals surface area contributed by atoms with E-state index >= 15 is 0 Å². The monoisotopic (exact) mass is 418 g/mol. The number of nitrogens with one attached hydrogen (secondary N) is 1. The van der Waals surface area contributed by atoms with Gasteiger partial charge in [0, 0.05) is 25.8 Å². The number of hydrogen-bond acceptors (Lipinski definition) is 6. The molecule has 3 rings (SSSR count). The molecule has 0 aliphatic carbocycles. The first-order chi connectivity index (χ1) is 13.9. The van der Waals surface area contributed by atoms with Crippen molar-refractivity contribution in [1.82, 2.24) is 20.1 Å². The summed E-state index contributed by atoms with van der Waals surface area (Å²) in [5.41, 5.74) is 0.390. The van der Waals surface area contributed by atoms with Gasteiger partial charge in [-0.25, -0.2) is 4.98 Å². The first-order valence-electron chi connectivity index (χ1n) is 8.70. The van der Waals surface area contributed by atoms with Crippen LogP contribution in [-0.2, 0) is 11.3 Å². The zero-order valence-corrected chi connectivity index (χ0v) is 15.1. The first kappa shape index (κ1) is 20.8. The van der Waals surface area contributed by atoms with Gasteiger partial charge in [0.1, 0.15) is 6.33 Å². The third-order valence-corrected chi connectivity index (χ3v) is 4.30. The number of aromatic amines is 1. The van der Waals surface area contributed by atoms with Gasteiger partial charge in [0.05, 0.1) is 0 Å². The van der Waals surface area contributed by atoms with E-state index in [1.807, 2.05) is 0 Å². The highest BCUT2D eigenvalue weighted by molar-refractivity contribution is 5.90. The number of benzene rings is 1. The van der Waals surface area contributed by atoms with Gasteiger partial charge in [0.25, 0.3) is 5.91 Å². The van der Waals surface area contributed by atoms with E-state index < -0.39 is 30.6 Å². The topological polar surface area (TPSA) is 89.6 Å². The average Bonchev–Trinajstić information content (AvgIpc) is 3.22. The minimum absolute atomic E-state index is 0.0127. The Morgan fingerprint density at radius 1 is 1.17 bits per heavy atom. The van der Waals surface area contributed by atoms with E-state index in [9.17, 15) is 22.4 Å². The van der Waals surface area contributed by atoms with Gasteiger partial charge in [-0.3, -0.25) is 9.89 Å². The number of aromatic nitrogens is 3. The van der Waals surface area contributed by atoms with Crippen molar-refractivity contribution in [2.75, 3.05) is 13.2 Å². The Bertz CT molecular complexity index is 801. The summed E-state index contributed by atoms with van der Waals surface area (Å²) in [4.78, 5) is 18.2. The predicted octanol–water partition coefficient (Wildman–Crippen LogP) is 2.83. The number of ether oxygens (including phenoxy) is 3. The van der Waals surface area contributed by atoms with Crippen LogP contribution in [-0.4, -0.2) is 58.5 Å². The van der Waals surface area contributed by atoms with Crippen molar-refractivity contribution >= 4 is 5.91 Å². The molecule has 0 saturated carbocycles. The normalized spacial score (nSPS) is 15.0. The zero-order valence-electron chi connectivity index (χ0n) is 15.1. The zero-order chi connectivity index (χ0) is 20.8. The molecule has 2 aromatic rings. The molecule has 2 heterocycles. The van der Waals surface area contributed by atoms with E-state index in [0.29, 0.717) is 31.6 Å². The van der Waals surface area contributed by atoms with Gasteiger partial charge in [-0.1, -0.05) is 6.07 Å². The maximum atomic E-state index is 12.9. The third kappa shape index (κ3) is 5.56. The van der Waals surface area contributed by atoms with Crippen LogP contribution in [0.3, 0.4) is 0 Å². The lowest BCUT2D eigenvalue weighted by atomic mass is 10.1. The van der Waals surface area contributed by atoms with Crippen molar-refractivity contribution in [3.05, 3.63) is 35.9 Å². The number of carbonyl (C=O) groups excluding carboxylic acids is 1. The molecule has 1 aliphatic rings. The molecular weight excluding hydrogens is 400 g/mol. The Morgan fingerprint density at radius 2 is 1.86 bits per heavy atom. The van der Waals surface area contributed by atoms with Crippen molar-refractivity contribution in [2.24, 2.45) is 0 Å². The van der Waals surface area contributed by atoms with Crippen LogP contribution in [0.4, 0.5) is 17.6 Å². The van der Waals surface area contributed by atoms with Crippen molar-refractivity contribution in [3.63, 3.8) is 0 Å². The standard InChI is InChI=1S/C17H18F4N4O4/c18-16(19)28-12-2-1-10(7-13(12)29-17(20)21)8-25(11-3-5-27-6-4-11)15(26)14-22-9-23-24-14/h1-2,7,9,11,16-17H,3-6,8H2,(H,22,23,24). The highest BCUT2D eigenvalue weighted by Gasteiger charge is 2.29. The summed E-state index contributed by atoms with van der Waals surface area (Å²) in [6.07, 6.45) is 2.35. The fourth-order valence-corrected chi connectivity index (χ4v) is 3.04. The van der Waals surface area contributed by atoms with Gasteiger partial charge in [-0.05, 0) is 30.5 Å². The number of hydrogen-bond donors (Lipinski definition) is 1. The summed E-state index contributed by atoms with van der Waals surface area (Å²) in [6.45, 7) is -5.49. The van der Waals surface area contributed by atoms with Crippen LogP contribution >= 0.6 is 0 Å². The Morgan fingerprint density at radius 3 is 2.48 bits per heavy atom. The van der Waals surface area contributed by atoms with Crippen molar-refractivity contribution in [2.45, 2.75) is 38.7 Å². The van der Waals surface area contributed by atoms with E-state index in [1.165, 1.54) is 17.3 Å². The average molecular weight is 418 g/mol. The molecule has 1 fully saturated rings. The van der Waals surface area contributed by atoms with E-state index in [0.717, 1.165) is 12.1 Å². The molecule has 1 N–H and O–H groups in total. The number of carbonyl (C=O) groups is 1. The number of H-pyrrole nitrogens is 1. The molecule has 12 heteroatoms. The fourth-order valence-electron chi connectivity index (χ4n) is 3.04. The van der Waals surface area contributed by atoms with Gasteiger partial charge in [-0.15, -0.1) is 0 Å². The molecule has 0 radical (unpaired) electrons. The summed E-state index contributed by atoms with van der Waals surface area (Å²) in [5, 5.41) is 6.16. The van der Waals surface area contributed by atoms with Gasteiger partial charge < -0.3 is 19.1 Å². The SMILES string of the molecule is O=C(c1ncn[nH]1)N(Cc1ccc(OC(F)F)c(OC(F)F)c1)C1CCOCC1. The van der Waals surface area contributed by atoms with Gasteiger partial charge >= 0.3 is 13.2 Å². The van der Waals surface area contributed by atoms with Crippen LogP contribution in [0.2, 0.25) is 0 Å². The number of amides is 1. The number of halogens is 4. The smallest absolute Gasteiger partial charge is 0.387 e. The molecular formula is C17H18F4N4O4. The van der Waals surface area contributed by atoms with Crippen molar-refractivity contribution in [3.8, 4) is 11.5 Å². The molecule has 1 aromatic carbocycles. The lowest BCUT2D eigenvalue weighted by Gasteiger charge is -2.34. The Balaban J connectivity index is 1.86. The Labute approximate surface area is 162 Å². The summed E-state index contributed by atoms with van der Waals surface area (Å²) in [5.74, 6) is -1.48. The van der Waals surface area contributed by atoms with Crippen LogP contribution in [0, 0.1) is 0 Å². The molecule has 1 aromatic heterocycles. The lowest BCUT2D eigenvalue weighted by Crippen LogP contribution is -2.43. The van der Waals surface area contributed by atoms with Gasteiger partial charge in [0.15, 0.2) is 11.5 Å². The largest absolute Gasteiger partial charge is 0.431 e. The molecule has 29 heavy (non-hydrogen) atoms. The highest BCUT2D eigenvalue weighted by atomic mass is 19.3. The molecule has 8 nitrogen and oxygen atoms in total. The minimum atomic E-state index is -3.23. The predicted molar refractivity (Wildman–Crippen MR) is 89.8 cm³/mol. The van der Waals surface area contributed by atoms with Crippen LogP contribution in [0.5, 0.6) is 11.5 Å². The quantitative estimate of drug-likeness (QED) is 0.664. The fraction of sp³-hybridized carbons (Fsp3) is 0.471. The lowest BCUT2D eigenvalue weighted by molar-refractivity contribution is -0.0693. The van der Waals surface area contributed by atoms with Crippen molar-refractivity contribution < 1.29 is 36.6 Å². The number of alkyl halides is 4. The maximum Gasteiger partial charge on any atom is 0.387 e. The second-order valence-electron chi connectivity index (χ2n) is 6.15.